The minimum atomic E-state index is -0.715. The van der Waals surface area contributed by atoms with E-state index in [1.807, 2.05) is 52.0 Å². The molecule has 0 bridgehead atoms. The first-order valence-electron chi connectivity index (χ1n) is 14.7. The van der Waals surface area contributed by atoms with E-state index in [0.29, 0.717) is 72.9 Å². The quantitative estimate of drug-likeness (QED) is 0.111. The summed E-state index contributed by atoms with van der Waals surface area (Å²) in [6.07, 6.45) is 0. The number of nitrogens with one attached hydrogen (secondary N) is 8. The summed E-state index contributed by atoms with van der Waals surface area (Å²) in [5.41, 5.74) is 2.79. The Labute approximate surface area is 239 Å². The molecule has 0 unspecified atom stereocenters. The number of carbonyl (C=O) groups is 2. The van der Waals surface area contributed by atoms with Crippen molar-refractivity contribution < 1.29 is 9.59 Å². The molecule has 0 atom stereocenters. The lowest BCUT2D eigenvalue weighted by Gasteiger charge is -2.39. The minimum Gasteiger partial charge on any atom is -0.353 e. The summed E-state index contributed by atoms with van der Waals surface area (Å²) < 4.78 is 0. The molecule has 0 saturated heterocycles. The van der Waals surface area contributed by atoms with Crippen molar-refractivity contribution in [1.29, 1.82) is 0 Å². The molecule has 10 nitrogen and oxygen atoms in total. The van der Waals surface area contributed by atoms with Crippen LogP contribution in [0.2, 0.25) is 0 Å². The zero-order valence-corrected chi connectivity index (χ0v) is 24.9. The van der Waals surface area contributed by atoms with E-state index in [-0.39, 0.29) is 11.6 Å². The molecule has 1 aliphatic rings. The topological polar surface area (TPSA) is 130 Å². The number of benzene rings is 2. The summed E-state index contributed by atoms with van der Waals surface area (Å²) in [6.45, 7) is 17.8. The molecular weight excluding hydrogens is 504 g/mol. The van der Waals surface area contributed by atoms with Crippen molar-refractivity contribution in [2.45, 2.75) is 53.1 Å². The van der Waals surface area contributed by atoms with Crippen LogP contribution in [0.3, 0.4) is 0 Å². The largest absolute Gasteiger partial charge is 0.353 e. The lowest BCUT2D eigenvalue weighted by Crippen LogP contribution is -2.67. The third-order valence-corrected chi connectivity index (χ3v) is 6.96. The van der Waals surface area contributed by atoms with Crippen molar-refractivity contribution in [3.63, 3.8) is 0 Å². The molecule has 8 N–H and O–H groups in total. The number of carbonyl (C=O) groups excluding carboxylic acids is 2. The fourth-order valence-electron chi connectivity index (χ4n) is 5.38. The summed E-state index contributed by atoms with van der Waals surface area (Å²) in [6, 6.07) is 10.9. The van der Waals surface area contributed by atoms with Gasteiger partial charge in [0.1, 0.15) is 0 Å². The average molecular weight is 553 g/mol. The molecule has 0 aromatic heterocycles. The number of rotatable bonds is 18. The van der Waals surface area contributed by atoms with E-state index in [1.54, 1.807) is 12.1 Å². The van der Waals surface area contributed by atoms with Gasteiger partial charge in [0.15, 0.2) is 23.1 Å². The molecule has 220 valence electrons. The van der Waals surface area contributed by atoms with Gasteiger partial charge in [0.25, 0.3) is 0 Å². The molecule has 0 aliphatic heterocycles. The van der Waals surface area contributed by atoms with Gasteiger partial charge in [-0.05, 0) is 51.4 Å². The molecule has 0 radical (unpaired) electrons. The lowest BCUT2D eigenvalue weighted by molar-refractivity contribution is 0.0979. The molecule has 2 aromatic rings. The third kappa shape index (κ3) is 6.88. The van der Waals surface area contributed by atoms with Gasteiger partial charge in [-0.1, -0.05) is 65.8 Å². The van der Waals surface area contributed by atoms with Crippen LogP contribution < -0.4 is 42.5 Å². The zero-order chi connectivity index (χ0) is 29.2. The fraction of sp³-hybridized carbons (Fsp3) is 0.533. The number of likely N-dealkylation sites (N-methyl/N-ethyl adjacent to an activating group) is 6. The van der Waals surface area contributed by atoms with Gasteiger partial charge in [-0.15, -0.1) is 0 Å². The van der Waals surface area contributed by atoms with Gasteiger partial charge in [0, 0.05) is 35.6 Å². The second kappa shape index (κ2) is 14.7. The smallest absolute Gasteiger partial charge is 0.198 e. The number of fused-ring (bicyclic) bond motifs is 2. The SMILES string of the molecule is CCNCC(NCC)(NCC)Nc1cccc2c1C(=O)c1c(NC(CNCC)(NCC)NCC)cccc1C2=O. The first-order chi connectivity index (χ1) is 19.3. The summed E-state index contributed by atoms with van der Waals surface area (Å²) in [5, 5.41) is 27.9. The second-order valence-corrected chi connectivity index (χ2v) is 9.86. The zero-order valence-electron chi connectivity index (χ0n) is 24.9. The van der Waals surface area contributed by atoms with E-state index in [4.69, 9.17) is 0 Å². The first-order valence-corrected chi connectivity index (χ1v) is 14.7. The molecule has 1 aliphatic carbocycles. The first kappa shape index (κ1) is 31.7. The van der Waals surface area contributed by atoms with Crippen LogP contribution in [-0.2, 0) is 0 Å². The van der Waals surface area contributed by atoms with Crippen LogP contribution in [0.15, 0.2) is 36.4 Å². The maximum Gasteiger partial charge on any atom is 0.198 e. The van der Waals surface area contributed by atoms with Crippen molar-refractivity contribution in [2.75, 3.05) is 63.0 Å². The van der Waals surface area contributed by atoms with E-state index in [9.17, 15) is 9.59 Å². The van der Waals surface area contributed by atoms with E-state index in [2.05, 4.69) is 56.4 Å². The highest BCUT2D eigenvalue weighted by Gasteiger charge is 2.38. The van der Waals surface area contributed by atoms with Crippen molar-refractivity contribution >= 4 is 22.9 Å². The molecule has 0 spiro atoms. The van der Waals surface area contributed by atoms with Gasteiger partial charge in [-0.3, -0.25) is 30.9 Å². The van der Waals surface area contributed by atoms with Crippen LogP contribution in [0, 0.1) is 0 Å². The van der Waals surface area contributed by atoms with Gasteiger partial charge in [0.2, 0.25) is 0 Å². The van der Waals surface area contributed by atoms with Crippen molar-refractivity contribution in [2.24, 2.45) is 0 Å². The molecule has 40 heavy (non-hydrogen) atoms. The molecule has 3 rings (SSSR count). The molecule has 0 heterocycles. The molecule has 0 amide bonds. The van der Waals surface area contributed by atoms with Crippen LogP contribution in [0.25, 0.3) is 0 Å². The highest BCUT2D eigenvalue weighted by Crippen LogP contribution is 2.36. The normalized spacial score (nSPS) is 13.2. The third-order valence-electron chi connectivity index (χ3n) is 6.96. The van der Waals surface area contributed by atoms with Gasteiger partial charge in [0.05, 0.1) is 11.1 Å². The van der Waals surface area contributed by atoms with Gasteiger partial charge >= 0.3 is 0 Å². The Hall–Kier alpha value is -2.86. The maximum atomic E-state index is 14.4. The van der Waals surface area contributed by atoms with Gasteiger partial charge in [-0.25, -0.2) is 0 Å². The van der Waals surface area contributed by atoms with Crippen LogP contribution >= 0.6 is 0 Å². The second-order valence-electron chi connectivity index (χ2n) is 9.86. The maximum absolute atomic E-state index is 14.4. The number of ketones is 2. The minimum absolute atomic E-state index is 0.162. The average Bonchev–Trinajstić information content (AvgIpc) is 2.94. The number of hydrogen-bond acceptors (Lipinski definition) is 10. The van der Waals surface area contributed by atoms with E-state index in [1.165, 1.54) is 0 Å². The van der Waals surface area contributed by atoms with Crippen molar-refractivity contribution in [3.8, 4) is 0 Å². The fourth-order valence-corrected chi connectivity index (χ4v) is 5.38. The highest BCUT2D eigenvalue weighted by atomic mass is 16.1. The molecule has 2 aromatic carbocycles. The molecule has 10 heteroatoms. The van der Waals surface area contributed by atoms with Crippen molar-refractivity contribution in [1.82, 2.24) is 31.9 Å². The van der Waals surface area contributed by atoms with E-state index in [0.717, 1.165) is 13.1 Å². The van der Waals surface area contributed by atoms with Gasteiger partial charge < -0.3 is 21.3 Å². The Morgan fingerprint density at radius 1 is 0.525 bits per heavy atom. The van der Waals surface area contributed by atoms with Crippen LogP contribution in [0.1, 0.15) is 73.4 Å². The van der Waals surface area contributed by atoms with E-state index < -0.39 is 11.6 Å². The summed E-state index contributed by atoms with van der Waals surface area (Å²) in [4.78, 5) is 28.2. The van der Waals surface area contributed by atoms with Crippen LogP contribution in [-0.4, -0.2) is 75.5 Å². The van der Waals surface area contributed by atoms with Gasteiger partial charge in [-0.2, -0.15) is 0 Å². The Morgan fingerprint density at radius 3 is 1.23 bits per heavy atom. The van der Waals surface area contributed by atoms with Crippen LogP contribution in [0.4, 0.5) is 11.4 Å². The Morgan fingerprint density at radius 2 is 0.900 bits per heavy atom. The predicted molar refractivity (Wildman–Crippen MR) is 164 cm³/mol. The molecule has 0 saturated carbocycles. The lowest BCUT2D eigenvalue weighted by atomic mass is 9.82. The number of anilines is 2. The predicted octanol–water partition coefficient (Wildman–Crippen LogP) is 2.25. The van der Waals surface area contributed by atoms with Crippen molar-refractivity contribution in [3.05, 3.63) is 58.7 Å². The Kier molecular flexibility index (Phi) is 11.6. The van der Waals surface area contributed by atoms with E-state index >= 15 is 0 Å². The molecule has 0 fully saturated rings. The Balaban J connectivity index is 2.12. The summed E-state index contributed by atoms with van der Waals surface area (Å²) in [7, 11) is 0. The van der Waals surface area contributed by atoms with Crippen LogP contribution in [0.5, 0.6) is 0 Å². The summed E-state index contributed by atoms with van der Waals surface area (Å²) >= 11 is 0. The Bertz CT molecular complexity index is 1060. The standard InChI is InChI=1S/C30H48N8O2/c1-7-31-19-29(33-9-3,34-10-4)37-23-17-13-15-21-25(23)28(40)26-22(27(21)39)16-14-18-24(26)38-30(35-11-5,36-12-6)20-32-8-2/h13-18,31-38H,7-12,19-20H2,1-6H3. The summed E-state index contributed by atoms with van der Waals surface area (Å²) in [5.74, 6) is -1.78. The molecular formula is C30H48N8O2. The highest BCUT2D eigenvalue weighted by molar-refractivity contribution is 6.31. The number of hydrogen-bond donors (Lipinski definition) is 8. The monoisotopic (exact) mass is 552 g/mol.